The molecule has 4 atom stereocenters. The van der Waals surface area contributed by atoms with Crippen LogP contribution in [-0.2, 0) is 24.0 Å². The molecule has 0 aromatic heterocycles. The van der Waals surface area contributed by atoms with Crippen LogP contribution in [0.4, 0.5) is 0 Å². The third-order valence-electron chi connectivity index (χ3n) is 9.82. The van der Waals surface area contributed by atoms with Crippen LogP contribution in [0, 0.1) is 17.8 Å². The number of Topliss-reactive ketones (excluding diaryl/α,β-unsaturated/α-hetero) is 1. The minimum Gasteiger partial charge on any atom is -0.404 e. The van der Waals surface area contributed by atoms with E-state index in [1.54, 1.807) is 29.2 Å². The molecular formula is C36H51N5O5. The quantitative estimate of drug-likeness (QED) is 0.190. The smallest absolute Gasteiger partial charge is 0.247 e. The van der Waals surface area contributed by atoms with Crippen molar-refractivity contribution >= 4 is 29.3 Å². The monoisotopic (exact) mass is 633 g/mol. The number of nitrogens with zero attached hydrogens (tertiary/aromatic N) is 1. The number of hydrogen-bond acceptors (Lipinski definition) is 7. The second-order valence-corrected chi connectivity index (χ2v) is 13.2. The summed E-state index contributed by atoms with van der Waals surface area (Å²) in [6.07, 6.45) is 13.7. The molecule has 4 rings (SSSR count). The van der Waals surface area contributed by atoms with Gasteiger partial charge in [-0.05, 0) is 80.5 Å². The molecule has 46 heavy (non-hydrogen) atoms. The van der Waals surface area contributed by atoms with Gasteiger partial charge in [-0.1, -0.05) is 69.0 Å². The highest BCUT2D eigenvalue weighted by atomic mass is 16.2. The lowest BCUT2D eigenvalue weighted by Gasteiger charge is -2.32. The van der Waals surface area contributed by atoms with Gasteiger partial charge in [0.15, 0.2) is 11.6 Å². The zero-order valence-corrected chi connectivity index (χ0v) is 27.0. The summed E-state index contributed by atoms with van der Waals surface area (Å²) >= 11 is 0. The van der Waals surface area contributed by atoms with Crippen molar-refractivity contribution in [2.24, 2.45) is 29.2 Å². The van der Waals surface area contributed by atoms with Gasteiger partial charge in [-0.3, -0.25) is 24.0 Å². The van der Waals surface area contributed by atoms with E-state index in [1.807, 2.05) is 6.07 Å². The van der Waals surface area contributed by atoms with Crippen LogP contribution >= 0.6 is 0 Å². The molecule has 3 fully saturated rings. The van der Waals surface area contributed by atoms with E-state index in [0.717, 1.165) is 57.6 Å². The van der Waals surface area contributed by atoms with Crippen LogP contribution in [0.2, 0.25) is 0 Å². The molecule has 250 valence electrons. The van der Waals surface area contributed by atoms with Gasteiger partial charge < -0.3 is 27.0 Å². The average molecular weight is 634 g/mol. The van der Waals surface area contributed by atoms with E-state index in [4.69, 9.17) is 11.5 Å². The SMILES string of the molecule is C=C(C(=O)NCC(=O)NC(C(=O)/C=C/N)c1ccccc1)C(CCCC(=O)[C@@H]1CCCN1C(=O)[C@@H](N)C1CCCCC1)CC1CC1. The topological polar surface area (TPSA) is 165 Å². The molecule has 1 aromatic rings. The lowest BCUT2D eigenvalue weighted by atomic mass is 9.83. The number of nitrogens with two attached hydrogens (primary N) is 2. The molecule has 1 saturated heterocycles. The van der Waals surface area contributed by atoms with E-state index in [2.05, 4.69) is 17.2 Å². The maximum atomic E-state index is 13.3. The van der Waals surface area contributed by atoms with Crippen molar-refractivity contribution < 1.29 is 24.0 Å². The van der Waals surface area contributed by atoms with Crippen molar-refractivity contribution in [1.82, 2.24) is 15.5 Å². The fraction of sp³-hybridized carbons (Fsp3) is 0.583. The lowest BCUT2D eigenvalue weighted by Crippen LogP contribution is -2.51. The minimum atomic E-state index is -0.928. The fourth-order valence-electron chi connectivity index (χ4n) is 6.96. The Labute approximate surface area is 272 Å². The third-order valence-corrected chi connectivity index (χ3v) is 9.82. The highest BCUT2D eigenvalue weighted by Crippen LogP contribution is 2.39. The summed E-state index contributed by atoms with van der Waals surface area (Å²) in [4.78, 5) is 66.7. The molecule has 1 heterocycles. The van der Waals surface area contributed by atoms with Gasteiger partial charge in [0, 0.05) is 18.5 Å². The van der Waals surface area contributed by atoms with Gasteiger partial charge in [-0.2, -0.15) is 0 Å². The van der Waals surface area contributed by atoms with Crippen molar-refractivity contribution in [3.63, 3.8) is 0 Å². The summed E-state index contributed by atoms with van der Waals surface area (Å²) in [6, 6.07) is 6.93. The first-order valence-electron chi connectivity index (χ1n) is 17.0. The number of benzene rings is 1. The number of nitrogens with one attached hydrogen (secondary N) is 2. The first kappa shape index (κ1) is 35.1. The normalized spacial score (nSPS) is 20.5. The maximum absolute atomic E-state index is 13.3. The molecule has 2 unspecified atom stereocenters. The summed E-state index contributed by atoms with van der Waals surface area (Å²) in [5, 5.41) is 5.34. The summed E-state index contributed by atoms with van der Waals surface area (Å²) in [6.45, 7) is 4.34. The standard InChI is InChI=1S/C36H51N5O5/c1-24(35(45)39-23-32(44)40-34(31(43)19-20-37)27-12-6-3-7-13-27)28(22-25-17-18-25)14-8-16-30(42)29-15-9-21-41(29)36(46)33(38)26-10-4-2-5-11-26/h3,6-7,12-13,19-20,25-26,28-29,33-34H,1-2,4-5,8-11,14-18,21-23,37-38H2,(H,39,45)(H,40,44)/b20-19+/t28?,29-,33-,34?/m0/s1. The van der Waals surface area contributed by atoms with Crippen LogP contribution in [0.25, 0.3) is 0 Å². The maximum Gasteiger partial charge on any atom is 0.247 e. The number of rotatable bonds is 17. The molecule has 10 nitrogen and oxygen atoms in total. The minimum absolute atomic E-state index is 0.0607. The zero-order valence-electron chi connectivity index (χ0n) is 27.0. The molecule has 0 bridgehead atoms. The van der Waals surface area contributed by atoms with Crippen molar-refractivity contribution in [3.8, 4) is 0 Å². The molecule has 2 saturated carbocycles. The van der Waals surface area contributed by atoms with Crippen LogP contribution in [-0.4, -0.2) is 59.4 Å². The Kier molecular flexibility index (Phi) is 13.1. The Morgan fingerprint density at radius 2 is 1.70 bits per heavy atom. The zero-order chi connectivity index (χ0) is 33.1. The van der Waals surface area contributed by atoms with Gasteiger partial charge in [-0.25, -0.2) is 0 Å². The molecule has 3 aliphatic rings. The van der Waals surface area contributed by atoms with Crippen LogP contribution in [0.15, 0.2) is 54.8 Å². The predicted molar refractivity (Wildman–Crippen MR) is 177 cm³/mol. The van der Waals surface area contributed by atoms with Gasteiger partial charge in [0.05, 0.1) is 18.6 Å². The molecule has 10 heteroatoms. The van der Waals surface area contributed by atoms with Crippen LogP contribution in [0.3, 0.4) is 0 Å². The second kappa shape index (κ2) is 17.2. The molecule has 1 aromatic carbocycles. The van der Waals surface area contributed by atoms with Crippen LogP contribution in [0.1, 0.15) is 95.1 Å². The molecular weight excluding hydrogens is 582 g/mol. The fourth-order valence-corrected chi connectivity index (χ4v) is 6.96. The molecule has 1 aliphatic heterocycles. The molecule has 6 N–H and O–H groups in total. The van der Waals surface area contributed by atoms with E-state index in [1.165, 1.54) is 12.5 Å². The molecule has 0 spiro atoms. The number of carbonyl (C=O) groups is 5. The highest BCUT2D eigenvalue weighted by molar-refractivity contribution is 5.99. The highest BCUT2D eigenvalue weighted by Gasteiger charge is 2.38. The third kappa shape index (κ3) is 9.85. The first-order valence-corrected chi connectivity index (χ1v) is 17.0. The molecule has 2 aliphatic carbocycles. The van der Waals surface area contributed by atoms with Gasteiger partial charge in [0.2, 0.25) is 17.7 Å². The van der Waals surface area contributed by atoms with Gasteiger partial charge >= 0.3 is 0 Å². The number of likely N-dealkylation sites (tertiary alicyclic amines) is 1. The largest absolute Gasteiger partial charge is 0.404 e. The summed E-state index contributed by atoms with van der Waals surface area (Å²) in [5.74, 6) is -0.718. The Morgan fingerprint density at radius 1 is 0.978 bits per heavy atom. The Balaban J connectivity index is 1.26. The lowest BCUT2D eigenvalue weighted by molar-refractivity contribution is -0.139. The molecule has 3 amide bonds. The Bertz CT molecular complexity index is 1270. The van der Waals surface area contributed by atoms with Crippen LogP contribution < -0.4 is 22.1 Å². The van der Waals surface area contributed by atoms with Gasteiger partial charge in [0.25, 0.3) is 0 Å². The number of ketones is 2. The number of amides is 3. The van der Waals surface area contributed by atoms with Crippen molar-refractivity contribution in [2.45, 2.75) is 102 Å². The van der Waals surface area contributed by atoms with Gasteiger partial charge in [0.1, 0.15) is 6.04 Å². The second-order valence-electron chi connectivity index (χ2n) is 13.2. The van der Waals surface area contributed by atoms with E-state index >= 15 is 0 Å². The summed E-state index contributed by atoms with van der Waals surface area (Å²) < 4.78 is 0. The van der Waals surface area contributed by atoms with Crippen molar-refractivity contribution in [2.75, 3.05) is 13.1 Å². The Morgan fingerprint density at radius 3 is 2.37 bits per heavy atom. The average Bonchev–Trinajstić information content (AvgIpc) is 3.76. The van der Waals surface area contributed by atoms with Crippen molar-refractivity contribution in [1.29, 1.82) is 0 Å². The van der Waals surface area contributed by atoms with E-state index in [-0.39, 0.29) is 35.9 Å². The predicted octanol–water partition coefficient (Wildman–Crippen LogP) is 3.61. The van der Waals surface area contributed by atoms with Crippen LogP contribution in [0.5, 0.6) is 0 Å². The summed E-state index contributed by atoms with van der Waals surface area (Å²) in [5.41, 5.74) is 12.8. The Hall–Kier alpha value is -3.79. The summed E-state index contributed by atoms with van der Waals surface area (Å²) in [7, 11) is 0. The first-order chi connectivity index (χ1) is 22.2. The molecule has 0 radical (unpaired) electrons. The number of hydrogen-bond donors (Lipinski definition) is 4. The number of carbonyl (C=O) groups excluding carboxylic acids is 5. The van der Waals surface area contributed by atoms with E-state index < -0.39 is 29.9 Å². The van der Waals surface area contributed by atoms with E-state index in [9.17, 15) is 24.0 Å². The van der Waals surface area contributed by atoms with E-state index in [0.29, 0.717) is 49.3 Å². The van der Waals surface area contributed by atoms with Crippen molar-refractivity contribution in [3.05, 3.63) is 60.3 Å². The van der Waals surface area contributed by atoms with Gasteiger partial charge in [-0.15, -0.1) is 0 Å².